The Morgan fingerprint density at radius 2 is 1.72 bits per heavy atom. The van der Waals surface area contributed by atoms with Crippen molar-refractivity contribution < 1.29 is 36.9 Å². The highest BCUT2D eigenvalue weighted by molar-refractivity contribution is 7.94. The molecule has 3 aromatic carbocycles. The van der Waals surface area contributed by atoms with Crippen molar-refractivity contribution in [1.29, 1.82) is 0 Å². The first-order valence-electron chi connectivity index (χ1n) is 15.0. The van der Waals surface area contributed by atoms with Crippen LogP contribution in [0.25, 0.3) is 0 Å². The van der Waals surface area contributed by atoms with Gasteiger partial charge < -0.3 is 24.6 Å². The van der Waals surface area contributed by atoms with Crippen molar-refractivity contribution in [3.05, 3.63) is 101 Å². The van der Waals surface area contributed by atoms with Gasteiger partial charge >= 0.3 is 6.09 Å². The molecule has 0 aromatic heterocycles. The zero-order valence-corrected chi connectivity index (χ0v) is 28.2. The first-order valence-corrected chi connectivity index (χ1v) is 16.6. The highest BCUT2D eigenvalue weighted by Gasteiger charge is 2.61. The van der Waals surface area contributed by atoms with Gasteiger partial charge in [0.05, 0.1) is 31.7 Å². The fourth-order valence-corrected chi connectivity index (χ4v) is 7.94. The summed E-state index contributed by atoms with van der Waals surface area (Å²) in [6.07, 6.45) is -2.53. The second-order valence-corrected chi connectivity index (χ2v) is 15.7. The number of amidine groups is 1. The standard InChI is InChI=1S/C35H43FN2O7S/c1-23-13-18-27(43-7)19-28(23)35(22-44-21-24-11-9-8-10-12-24)30(20-29(39)25-14-16-26(36)17-15-25)46(41,42)34(5,6)31(38-35)37-32(40)45-33(2,3)4/h8-19,29-30,39H,20-22H2,1-7H3,(H,37,38,40)/t29?,30?,35-/m1/s1. The Hall–Kier alpha value is -3.80. The van der Waals surface area contributed by atoms with Gasteiger partial charge in [0.2, 0.25) is 0 Å². The summed E-state index contributed by atoms with van der Waals surface area (Å²) in [6.45, 7) is 9.79. The zero-order chi connectivity index (χ0) is 33.9. The average molecular weight is 655 g/mol. The molecule has 2 unspecified atom stereocenters. The largest absolute Gasteiger partial charge is 0.497 e. The average Bonchev–Trinajstić information content (AvgIpc) is 2.98. The Morgan fingerprint density at radius 3 is 2.33 bits per heavy atom. The Morgan fingerprint density at radius 1 is 1.07 bits per heavy atom. The number of aliphatic hydroxyl groups is 1. The number of hydrogen-bond donors (Lipinski definition) is 2. The number of amides is 1. The molecule has 0 spiro atoms. The number of halogens is 1. The van der Waals surface area contributed by atoms with Crippen molar-refractivity contribution in [2.45, 2.75) is 81.8 Å². The second kappa shape index (κ2) is 13.5. The van der Waals surface area contributed by atoms with Crippen LogP contribution in [0.15, 0.2) is 77.8 Å². The maximum atomic E-state index is 14.9. The van der Waals surface area contributed by atoms with Crippen LogP contribution in [0, 0.1) is 12.7 Å². The van der Waals surface area contributed by atoms with E-state index in [9.17, 15) is 22.7 Å². The van der Waals surface area contributed by atoms with Crippen molar-refractivity contribution in [1.82, 2.24) is 5.32 Å². The molecule has 9 nitrogen and oxygen atoms in total. The highest BCUT2D eigenvalue weighted by atomic mass is 32.2. The molecule has 0 saturated carbocycles. The molecule has 1 aliphatic rings. The van der Waals surface area contributed by atoms with E-state index in [1.54, 1.807) is 39.0 Å². The number of methoxy groups -OCH3 is 1. The van der Waals surface area contributed by atoms with Crippen LogP contribution in [0.3, 0.4) is 0 Å². The minimum absolute atomic E-state index is 0.125. The van der Waals surface area contributed by atoms with E-state index in [0.717, 1.165) is 5.56 Å². The Labute approximate surface area is 270 Å². The smallest absolute Gasteiger partial charge is 0.435 e. The fourth-order valence-electron chi connectivity index (χ4n) is 5.65. The van der Waals surface area contributed by atoms with Gasteiger partial charge in [0.25, 0.3) is 0 Å². The number of benzene rings is 3. The molecule has 1 fully saturated rings. The minimum atomic E-state index is -4.29. The number of hydrogen-bond acceptors (Lipinski definition) is 7. The molecule has 11 heteroatoms. The SMILES string of the molecule is COc1ccc(C)c([C@@]2(COCc3ccccc3)N/C(=N\C(=O)OC(C)(C)C)C(C)(C)S(=O)(=O)C2CC(O)c2ccc(F)cc2)c1. The van der Waals surface area contributed by atoms with Crippen LogP contribution in [0.2, 0.25) is 0 Å². The third-order valence-corrected chi connectivity index (χ3v) is 11.2. The molecule has 1 saturated heterocycles. The Bertz CT molecular complexity index is 1670. The fraction of sp³-hybridized carbons (Fsp3) is 0.429. The van der Waals surface area contributed by atoms with Gasteiger partial charge in [-0.3, -0.25) is 0 Å². The molecule has 3 aromatic rings. The Kier molecular flexibility index (Phi) is 10.3. The predicted octanol–water partition coefficient (Wildman–Crippen LogP) is 6.18. The number of aliphatic hydroxyl groups excluding tert-OH is 1. The number of carbonyl (C=O) groups is 1. The molecule has 0 aliphatic carbocycles. The number of nitrogens with one attached hydrogen (secondary N) is 1. The lowest BCUT2D eigenvalue weighted by molar-refractivity contribution is 0.0485. The molecule has 1 aliphatic heterocycles. The maximum Gasteiger partial charge on any atom is 0.435 e. The van der Waals surface area contributed by atoms with E-state index in [1.165, 1.54) is 45.2 Å². The van der Waals surface area contributed by atoms with Gasteiger partial charge in [0.1, 0.15) is 33.3 Å². The number of aliphatic imine (C=N–C) groups is 1. The van der Waals surface area contributed by atoms with Crippen LogP contribution in [-0.2, 0) is 31.5 Å². The summed E-state index contributed by atoms with van der Waals surface area (Å²) in [5, 5.41) is 13.5. The van der Waals surface area contributed by atoms with Crippen molar-refractivity contribution in [2.24, 2.45) is 4.99 Å². The molecule has 3 atom stereocenters. The van der Waals surface area contributed by atoms with Gasteiger partial charge in [0.15, 0.2) is 9.84 Å². The van der Waals surface area contributed by atoms with Crippen LogP contribution >= 0.6 is 0 Å². The van der Waals surface area contributed by atoms with E-state index < -0.39 is 49.0 Å². The van der Waals surface area contributed by atoms with E-state index in [4.69, 9.17) is 14.2 Å². The molecule has 1 heterocycles. The number of nitrogens with zero attached hydrogens (tertiary/aromatic N) is 1. The summed E-state index contributed by atoms with van der Waals surface area (Å²) in [5.41, 5.74) is -0.00556. The molecule has 46 heavy (non-hydrogen) atoms. The van der Waals surface area contributed by atoms with E-state index in [-0.39, 0.29) is 25.5 Å². The van der Waals surface area contributed by atoms with E-state index >= 15 is 0 Å². The summed E-state index contributed by atoms with van der Waals surface area (Å²) < 4.78 is 59.1. The number of carbonyl (C=O) groups excluding carboxylic acids is 1. The zero-order valence-electron chi connectivity index (χ0n) is 27.3. The lowest BCUT2D eigenvalue weighted by Crippen LogP contribution is -2.71. The maximum absolute atomic E-state index is 14.9. The third kappa shape index (κ3) is 7.43. The molecule has 0 bridgehead atoms. The van der Waals surface area contributed by atoms with Gasteiger partial charge in [0, 0.05) is 0 Å². The second-order valence-electron chi connectivity index (χ2n) is 13.0. The van der Waals surface area contributed by atoms with Crippen LogP contribution in [0.5, 0.6) is 5.75 Å². The molecule has 2 N–H and O–H groups in total. The quantitative estimate of drug-likeness (QED) is 0.281. The summed E-state index contributed by atoms with van der Waals surface area (Å²) >= 11 is 0. The Balaban J connectivity index is 1.95. The van der Waals surface area contributed by atoms with Gasteiger partial charge in [-0.05, 0) is 94.5 Å². The highest BCUT2D eigenvalue weighted by Crippen LogP contribution is 2.46. The number of sulfone groups is 1. The van der Waals surface area contributed by atoms with E-state index in [1.807, 2.05) is 37.3 Å². The topological polar surface area (TPSA) is 124 Å². The number of ether oxygens (including phenoxy) is 3. The van der Waals surface area contributed by atoms with Crippen molar-refractivity contribution >= 4 is 21.8 Å². The molecular weight excluding hydrogens is 611 g/mol. The van der Waals surface area contributed by atoms with Crippen molar-refractivity contribution in [3.63, 3.8) is 0 Å². The van der Waals surface area contributed by atoms with Gasteiger partial charge in [-0.1, -0.05) is 48.5 Å². The van der Waals surface area contributed by atoms with Crippen LogP contribution in [0.1, 0.15) is 69.4 Å². The third-order valence-electron chi connectivity index (χ3n) is 8.20. The predicted molar refractivity (Wildman–Crippen MR) is 175 cm³/mol. The monoisotopic (exact) mass is 654 g/mol. The first-order chi connectivity index (χ1) is 21.5. The van der Waals surface area contributed by atoms with Gasteiger partial charge in [-0.2, -0.15) is 4.99 Å². The summed E-state index contributed by atoms with van der Waals surface area (Å²) in [6, 6.07) is 20.0. The van der Waals surface area contributed by atoms with Crippen LogP contribution < -0.4 is 10.1 Å². The van der Waals surface area contributed by atoms with E-state index in [2.05, 4.69) is 10.3 Å². The van der Waals surface area contributed by atoms with Crippen LogP contribution in [-0.4, -0.2) is 54.8 Å². The molecule has 4 rings (SSSR count). The molecule has 248 valence electrons. The van der Waals surface area contributed by atoms with E-state index in [0.29, 0.717) is 22.4 Å². The van der Waals surface area contributed by atoms with Crippen LogP contribution in [0.4, 0.5) is 9.18 Å². The van der Waals surface area contributed by atoms with Gasteiger partial charge in [-0.15, -0.1) is 0 Å². The molecular formula is C35H43FN2O7S. The minimum Gasteiger partial charge on any atom is -0.497 e. The molecule has 1 amide bonds. The van der Waals surface area contributed by atoms with Crippen molar-refractivity contribution in [2.75, 3.05) is 13.7 Å². The summed E-state index contributed by atoms with van der Waals surface area (Å²) in [4.78, 5) is 17.2. The summed E-state index contributed by atoms with van der Waals surface area (Å²) in [7, 11) is -2.79. The first kappa shape index (κ1) is 35.1. The lowest BCUT2D eigenvalue weighted by atomic mass is 9.80. The number of aryl methyl sites for hydroxylation is 1. The summed E-state index contributed by atoms with van der Waals surface area (Å²) in [5.74, 6) is -0.141. The van der Waals surface area contributed by atoms with Gasteiger partial charge in [-0.25, -0.2) is 17.6 Å². The van der Waals surface area contributed by atoms with Crippen molar-refractivity contribution in [3.8, 4) is 5.75 Å². The molecule has 0 radical (unpaired) electrons. The normalized spacial score (nSPS) is 22.1. The number of rotatable bonds is 9. The lowest BCUT2D eigenvalue weighted by Gasteiger charge is -2.51.